The van der Waals surface area contributed by atoms with E-state index in [-0.39, 0.29) is 36.0 Å². The lowest BCUT2D eigenvalue weighted by molar-refractivity contribution is -0.139. The summed E-state index contributed by atoms with van der Waals surface area (Å²) in [6.07, 6.45) is -2.14. The first-order chi connectivity index (χ1) is 19.6. The van der Waals surface area contributed by atoms with Crippen molar-refractivity contribution in [3.63, 3.8) is 0 Å². The van der Waals surface area contributed by atoms with Crippen molar-refractivity contribution >= 4 is 22.5 Å². The average Bonchev–Trinajstić information content (AvgIpc) is 3.66. The number of rotatable bonds is 10. The van der Waals surface area contributed by atoms with Crippen LogP contribution in [0.2, 0.25) is 0 Å². The summed E-state index contributed by atoms with van der Waals surface area (Å²) in [5.41, 5.74) is 1.19. The third-order valence-electron chi connectivity index (χ3n) is 6.89. The molecule has 0 radical (unpaired) electrons. The Hall–Kier alpha value is -3.98. The number of carbonyl (C=O) groups is 1. The molecule has 1 fully saturated rings. The predicted molar refractivity (Wildman–Crippen MR) is 141 cm³/mol. The highest BCUT2D eigenvalue weighted by molar-refractivity contribution is 5.96. The Bertz CT molecular complexity index is 1500. The van der Waals surface area contributed by atoms with Crippen LogP contribution in [-0.2, 0) is 24.4 Å². The van der Waals surface area contributed by atoms with Crippen molar-refractivity contribution in [1.82, 2.24) is 34.7 Å². The number of methoxy groups -OCH3 is 1. The minimum Gasteiger partial charge on any atom is -0.383 e. The highest BCUT2D eigenvalue weighted by Crippen LogP contribution is 2.35. The highest BCUT2D eigenvalue weighted by atomic mass is 19.4. The number of ether oxygens (including phenoxy) is 1. The fraction of sp³-hybridized carbons (Fsp3) is 0.462. The van der Waals surface area contributed by atoms with Crippen molar-refractivity contribution in [1.29, 1.82) is 0 Å². The second-order valence-corrected chi connectivity index (χ2v) is 9.97. The number of anilines is 1. The van der Waals surface area contributed by atoms with Gasteiger partial charge in [0.15, 0.2) is 0 Å². The molecule has 1 amide bonds. The van der Waals surface area contributed by atoms with Gasteiger partial charge in [-0.1, -0.05) is 11.2 Å². The average molecular weight is 579 g/mol. The number of nitrogens with zero attached hydrogens (tertiary/aromatic N) is 6. The number of alkyl halides is 4. The number of hydrogen-bond acceptors (Lipinski definition) is 8. The summed E-state index contributed by atoms with van der Waals surface area (Å²) in [4.78, 5) is 18.6. The quantitative estimate of drug-likeness (QED) is 0.275. The molecular weight excluding hydrogens is 548 g/mol. The van der Waals surface area contributed by atoms with Gasteiger partial charge in [0.2, 0.25) is 11.7 Å². The van der Waals surface area contributed by atoms with Crippen LogP contribution >= 0.6 is 0 Å². The number of amides is 1. The van der Waals surface area contributed by atoms with E-state index in [1.165, 1.54) is 12.3 Å². The molecule has 0 unspecified atom stereocenters. The predicted octanol–water partition coefficient (Wildman–Crippen LogP) is 3.48. The van der Waals surface area contributed by atoms with Crippen LogP contribution in [0.3, 0.4) is 0 Å². The number of nitrogens with one attached hydrogen (secondary N) is 2. The standard InChI is InChI=1S/C26H30F4N8O3/c1-36-7-6-20(18(27)14-36)33-19-4-3-5-21-17(19)10-22(38(21)15-26(28,29)30)24-34-23(41-35-24)12-31-25(39)16-11-32-37(13-16)8-9-40-2/h3-5,10-11,13,18,20,33H,6-9,12,14-15H2,1-2H3,(H,31,39)/t18-,20+/m0/s1. The number of halogens is 4. The van der Waals surface area contributed by atoms with Crippen molar-refractivity contribution in [2.24, 2.45) is 0 Å². The zero-order chi connectivity index (χ0) is 29.1. The molecule has 5 rings (SSSR count). The first-order valence-corrected chi connectivity index (χ1v) is 13.0. The van der Waals surface area contributed by atoms with Gasteiger partial charge in [0, 0.05) is 37.5 Å². The van der Waals surface area contributed by atoms with E-state index in [1.54, 1.807) is 36.2 Å². The number of carbonyl (C=O) groups excluding carboxylic acids is 1. The summed E-state index contributed by atoms with van der Waals surface area (Å²) in [5, 5.41) is 14.3. The summed E-state index contributed by atoms with van der Waals surface area (Å²) < 4.78 is 68.5. The molecule has 1 aliphatic heterocycles. The minimum atomic E-state index is -4.53. The highest BCUT2D eigenvalue weighted by Gasteiger charge is 2.32. The maximum absolute atomic E-state index is 14.7. The van der Waals surface area contributed by atoms with Gasteiger partial charge in [-0.05, 0) is 31.7 Å². The molecule has 11 nitrogen and oxygen atoms in total. The van der Waals surface area contributed by atoms with E-state index in [1.807, 2.05) is 11.9 Å². The molecule has 0 bridgehead atoms. The smallest absolute Gasteiger partial charge is 0.383 e. The lowest BCUT2D eigenvalue weighted by atomic mass is 10.0. The van der Waals surface area contributed by atoms with Gasteiger partial charge in [0.1, 0.15) is 12.7 Å². The number of fused-ring (bicyclic) bond motifs is 1. The molecule has 1 aliphatic rings. The number of benzene rings is 1. The number of piperidine rings is 1. The van der Waals surface area contributed by atoms with Gasteiger partial charge in [-0.25, -0.2) is 4.39 Å². The molecule has 1 aromatic carbocycles. The fourth-order valence-corrected chi connectivity index (χ4v) is 4.84. The lowest BCUT2D eigenvalue weighted by Gasteiger charge is -2.33. The fourth-order valence-electron chi connectivity index (χ4n) is 4.84. The molecule has 15 heteroatoms. The van der Waals surface area contributed by atoms with Crippen molar-refractivity contribution in [2.75, 3.05) is 39.2 Å². The van der Waals surface area contributed by atoms with Gasteiger partial charge >= 0.3 is 6.18 Å². The monoisotopic (exact) mass is 578 g/mol. The SMILES string of the molecule is COCCn1cc(C(=O)NCc2nc(-c3cc4c(N[C@@H]5CCN(C)C[C@@H]5F)cccc4n3CC(F)(F)F)no2)cn1. The van der Waals surface area contributed by atoms with E-state index in [2.05, 4.69) is 25.9 Å². The van der Waals surface area contributed by atoms with Crippen LogP contribution in [-0.4, -0.2) is 87.5 Å². The van der Waals surface area contributed by atoms with Gasteiger partial charge in [0.05, 0.1) is 48.7 Å². The summed E-state index contributed by atoms with van der Waals surface area (Å²) in [5.74, 6) is -0.500. The molecule has 41 heavy (non-hydrogen) atoms. The van der Waals surface area contributed by atoms with Crippen molar-refractivity contribution in [2.45, 2.75) is 44.4 Å². The summed E-state index contributed by atoms with van der Waals surface area (Å²) in [6.45, 7) is 0.453. The zero-order valence-corrected chi connectivity index (χ0v) is 22.5. The number of hydrogen-bond donors (Lipinski definition) is 2. The maximum Gasteiger partial charge on any atom is 0.406 e. The summed E-state index contributed by atoms with van der Waals surface area (Å²) in [7, 11) is 3.40. The van der Waals surface area contributed by atoms with Gasteiger partial charge in [0.25, 0.3) is 5.91 Å². The van der Waals surface area contributed by atoms with E-state index >= 15 is 0 Å². The second kappa shape index (κ2) is 11.9. The Morgan fingerprint density at radius 1 is 1.29 bits per heavy atom. The molecule has 1 saturated heterocycles. The van der Waals surface area contributed by atoms with E-state index in [0.717, 1.165) is 4.57 Å². The minimum absolute atomic E-state index is 0.00823. The largest absolute Gasteiger partial charge is 0.406 e. The molecule has 220 valence electrons. The molecular formula is C26H30F4N8O3. The van der Waals surface area contributed by atoms with Crippen LogP contribution in [0, 0.1) is 0 Å². The zero-order valence-electron chi connectivity index (χ0n) is 22.5. The molecule has 2 atom stereocenters. The first kappa shape index (κ1) is 28.5. The Kier molecular flexibility index (Phi) is 8.26. The van der Waals surface area contributed by atoms with Crippen LogP contribution in [0.1, 0.15) is 22.7 Å². The topological polar surface area (TPSA) is 115 Å². The molecule has 0 spiro atoms. The molecule has 4 aromatic rings. The van der Waals surface area contributed by atoms with Gasteiger partial charge in [-0.2, -0.15) is 23.3 Å². The van der Waals surface area contributed by atoms with Crippen LogP contribution in [0.4, 0.5) is 23.2 Å². The lowest BCUT2D eigenvalue weighted by Crippen LogP contribution is -2.46. The second-order valence-electron chi connectivity index (χ2n) is 9.97. The summed E-state index contributed by atoms with van der Waals surface area (Å²) in [6, 6.07) is 5.96. The number of aromatic nitrogens is 5. The van der Waals surface area contributed by atoms with Crippen LogP contribution in [0.5, 0.6) is 0 Å². The van der Waals surface area contributed by atoms with Crippen LogP contribution in [0.15, 0.2) is 41.2 Å². The molecule has 0 aliphatic carbocycles. The number of likely N-dealkylation sites (tertiary alicyclic amines) is 1. The van der Waals surface area contributed by atoms with E-state index in [0.29, 0.717) is 42.8 Å². The van der Waals surface area contributed by atoms with Crippen molar-refractivity contribution in [3.8, 4) is 11.5 Å². The van der Waals surface area contributed by atoms with Crippen molar-refractivity contribution < 1.29 is 31.6 Å². The molecule has 2 N–H and O–H groups in total. The van der Waals surface area contributed by atoms with E-state index in [4.69, 9.17) is 9.26 Å². The van der Waals surface area contributed by atoms with E-state index in [9.17, 15) is 22.4 Å². The molecule has 3 aromatic heterocycles. The van der Waals surface area contributed by atoms with Crippen LogP contribution < -0.4 is 10.6 Å². The Morgan fingerprint density at radius 3 is 2.88 bits per heavy atom. The summed E-state index contributed by atoms with van der Waals surface area (Å²) >= 11 is 0. The third kappa shape index (κ3) is 6.68. The van der Waals surface area contributed by atoms with Crippen molar-refractivity contribution in [3.05, 3.63) is 48.1 Å². The van der Waals surface area contributed by atoms with Gasteiger partial charge in [-0.3, -0.25) is 9.48 Å². The Labute approximate surface area is 232 Å². The normalized spacial score (nSPS) is 18.2. The Morgan fingerprint density at radius 2 is 2.12 bits per heavy atom. The Balaban J connectivity index is 1.37. The first-order valence-electron chi connectivity index (χ1n) is 13.0. The van der Waals surface area contributed by atoms with Gasteiger partial charge in [-0.15, -0.1) is 0 Å². The van der Waals surface area contributed by atoms with Crippen LogP contribution in [0.25, 0.3) is 22.4 Å². The molecule has 4 heterocycles. The van der Waals surface area contributed by atoms with Gasteiger partial charge < -0.3 is 29.4 Å². The van der Waals surface area contributed by atoms with E-state index < -0.39 is 30.8 Å². The third-order valence-corrected chi connectivity index (χ3v) is 6.89. The maximum atomic E-state index is 14.7. The molecule has 0 saturated carbocycles.